The second-order valence-electron chi connectivity index (χ2n) is 7.26. The largest absolute Gasteiger partial charge is 0.497 e. The van der Waals surface area contributed by atoms with E-state index < -0.39 is 10.0 Å². The molecule has 0 saturated heterocycles. The Labute approximate surface area is 171 Å². The smallest absolute Gasteiger partial charge is 0.251 e. The maximum Gasteiger partial charge on any atom is 0.251 e. The molecule has 29 heavy (non-hydrogen) atoms. The van der Waals surface area contributed by atoms with E-state index in [-0.39, 0.29) is 18.0 Å². The van der Waals surface area contributed by atoms with Crippen molar-refractivity contribution in [3.63, 3.8) is 0 Å². The number of methoxy groups -OCH3 is 2. The molecule has 0 radical (unpaired) electrons. The summed E-state index contributed by atoms with van der Waals surface area (Å²) in [7, 11) is -0.199. The molecule has 0 aromatic heterocycles. The fourth-order valence-electron chi connectivity index (χ4n) is 3.78. The molecule has 156 valence electrons. The molecule has 8 heteroatoms. The van der Waals surface area contributed by atoms with Crippen molar-refractivity contribution in [2.24, 2.45) is 0 Å². The molecule has 0 unspecified atom stereocenters. The molecule has 0 spiro atoms. The van der Waals surface area contributed by atoms with E-state index in [1.807, 2.05) is 19.9 Å². The average Bonchev–Trinajstić information content (AvgIpc) is 3.02. The highest BCUT2D eigenvalue weighted by Crippen LogP contribution is 2.35. The zero-order valence-corrected chi connectivity index (χ0v) is 18.0. The summed E-state index contributed by atoms with van der Waals surface area (Å²) >= 11 is 0. The van der Waals surface area contributed by atoms with Gasteiger partial charge in [0.1, 0.15) is 11.5 Å². The quantitative estimate of drug-likeness (QED) is 0.780. The number of nitrogens with zero attached hydrogens (tertiary/aromatic N) is 1. The van der Waals surface area contributed by atoms with E-state index in [1.165, 1.54) is 10.6 Å². The van der Waals surface area contributed by atoms with Crippen molar-refractivity contribution in [1.82, 2.24) is 5.32 Å². The number of anilines is 1. The Morgan fingerprint density at radius 2 is 1.90 bits per heavy atom. The van der Waals surface area contributed by atoms with E-state index in [2.05, 4.69) is 5.32 Å². The van der Waals surface area contributed by atoms with Crippen LogP contribution in [0.4, 0.5) is 5.69 Å². The third-order valence-corrected chi connectivity index (χ3v) is 6.37. The SMILES string of the molecule is COc1ccc(OC)c([C@H](C)NC(=O)c2ccc3c(c2)C[C@H](C)N3S(C)(=O)=O)c1. The average molecular weight is 419 g/mol. The molecule has 1 N–H and O–H groups in total. The predicted octanol–water partition coefficient (Wildman–Crippen LogP) is 2.91. The van der Waals surface area contributed by atoms with Gasteiger partial charge >= 0.3 is 0 Å². The summed E-state index contributed by atoms with van der Waals surface area (Å²) in [6, 6.07) is 10.1. The Morgan fingerprint density at radius 1 is 1.17 bits per heavy atom. The predicted molar refractivity (Wildman–Crippen MR) is 112 cm³/mol. The maximum absolute atomic E-state index is 12.8. The first-order chi connectivity index (χ1) is 13.7. The summed E-state index contributed by atoms with van der Waals surface area (Å²) in [5.41, 5.74) is 2.78. The Kier molecular flexibility index (Phi) is 5.75. The summed E-state index contributed by atoms with van der Waals surface area (Å²) in [6.07, 6.45) is 1.77. The zero-order chi connectivity index (χ0) is 21.3. The number of nitrogens with one attached hydrogen (secondary N) is 1. The number of fused-ring (bicyclic) bond motifs is 1. The number of sulfonamides is 1. The fraction of sp³-hybridized carbons (Fsp3) is 0.381. The lowest BCUT2D eigenvalue weighted by atomic mass is 10.0. The van der Waals surface area contributed by atoms with Crippen LogP contribution in [0.25, 0.3) is 0 Å². The van der Waals surface area contributed by atoms with Gasteiger partial charge < -0.3 is 14.8 Å². The minimum absolute atomic E-state index is 0.168. The number of hydrogen-bond donors (Lipinski definition) is 1. The van der Waals surface area contributed by atoms with Crippen molar-refractivity contribution < 1.29 is 22.7 Å². The van der Waals surface area contributed by atoms with Gasteiger partial charge in [-0.1, -0.05) is 0 Å². The Morgan fingerprint density at radius 3 is 2.52 bits per heavy atom. The zero-order valence-electron chi connectivity index (χ0n) is 17.2. The van der Waals surface area contributed by atoms with E-state index in [4.69, 9.17) is 9.47 Å². The Bertz CT molecular complexity index is 1040. The van der Waals surface area contributed by atoms with Crippen LogP contribution in [-0.4, -0.2) is 40.8 Å². The van der Waals surface area contributed by atoms with Crippen molar-refractivity contribution >= 4 is 21.6 Å². The highest BCUT2D eigenvalue weighted by molar-refractivity contribution is 7.92. The van der Waals surface area contributed by atoms with Gasteiger partial charge in [0, 0.05) is 17.2 Å². The normalized spacial score (nSPS) is 16.9. The van der Waals surface area contributed by atoms with E-state index in [9.17, 15) is 13.2 Å². The monoisotopic (exact) mass is 418 g/mol. The second-order valence-corrected chi connectivity index (χ2v) is 9.12. The van der Waals surface area contributed by atoms with Crippen molar-refractivity contribution in [1.29, 1.82) is 0 Å². The molecular formula is C21H26N2O5S. The molecule has 3 rings (SSSR count). The molecule has 0 aliphatic carbocycles. The summed E-state index contributed by atoms with van der Waals surface area (Å²) in [5, 5.41) is 2.98. The molecule has 1 aliphatic heterocycles. The van der Waals surface area contributed by atoms with Gasteiger partial charge in [0.05, 0.1) is 32.2 Å². The minimum Gasteiger partial charge on any atom is -0.497 e. The van der Waals surface area contributed by atoms with E-state index in [1.54, 1.807) is 44.6 Å². The van der Waals surface area contributed by atoms with Crippen molar-refractivity contribution in [2.45, 2.75) is 32.4 Å². The van der Waals surface area contributed by atoms with E-state index >= 15 is 0 Å². The molecule has 2 aromatic carbocycles. The molecule has 0 fully saturated rings. The Balaban J connectivity index is 1.83. The van der Waals surface area contributed by atoms with Gasteiger partial charge in [0.2, 0.25) is 10.0 Å². The first-order valence-corrected chi connectivity index (χ1v) is 11.2. The maximum atomic E-state index is 12.8. The van der Waals surface area contributed by atoms with Crippen molar-refractivity contribution in [2.75, 3.05) is 24.8 Å². The Hall–Kier alpha value is -2.74. The standard InChI is InChI=1S/C21H26N2O5S/c1-13-10-16-11-15(6-8-19(16)23(13)29(5,25)26)21(24)22-14(2)18-12-17(27-3)7-9-20(18)28-4/h6-9,11-14H,10H2,1-5H3,(H,22,24)/t13-,14-/m0/s1. The summed E-state index contributed by atoms with van der Waals surface area (Å²) in [4.78, 5) is 12.8. The highest BCUT2D eigenvalue weighted by atomic mass is 32.2. The molecule has 1 heterocycles. The topological polar surface area (TPSA) is 84.9 Å². The number of hydrogen-bond acceptors (Lipinski definition) is 5. The molecule has 1 aliphatic rings. The van der Waals surface area contributed by atoms with Crippen molar-refractivity contribution in [3.8, 4) is 11.5 Å². The van der Waals surface area contributed by atoms with Crippen LogP contribution in [-0.2, 0) is 16.4 Å². The van der Waals surface area contributed by atoms with Gasteiger partial charge in [-0.2, -0.15) is 0 Å². The van der Waals surface area contributed by atoms with Crippen molar-refractivity contribution in [3.05, 3.63) is 53.1 Å². The van der Waals surface area contributed by atoms with Crippen LogP contribution >= 0.6 is 0 Å². The number of carbonyl (C=O) groups excluding carboxylic acids is 1. The lowest BCUT2D eigenvalue weighted by Gasteiger charge is -2.22. The lowest BCUT2D eigenvalue weighted by molar-refractivity contribution is 0.0939. The van der Waals surface area contributed by atoms with Crippen LogP contribution in [0.2, 0.25) is 0 Å². The number of rotatable bonds is 6. The molecule has 2 aromatic rings. The molecule has 2 atom stereocenters. The van der Waals surface area contributed by atoms with Gasteiger partial charge in [0.25, 0.3) is 5.91 Å². The molecule has 7 nitrogen and oxygen atoms in total. The van der Waals surface area contributed by atoms with Crippen LogP contribution in [0.3, 0.4) is 0 Å². The highest BCUT2D eigenvalue weighted by Gasteiger charge is 2.32. The fourth-order valence-corrected chi connectivity index (χ4v) is 5.05. The van der Waals surface area contributed by atoms with Crippen LogP contribution in [0.5, 0.6) is 11.5 Å². The summed E-state index contributed by atoms with van der Waals surface area (Å²) in [5.74, 6) is 1.09. The van der Waals surface area contributed by atoms with Gasteiger partial charge in [0.15, 0.2) is 0 Å². The van der Waals surface area contributed by atoms with Crippen LogP contribution in [0.15, 0.2) is 36.4 Å². The second kappa shape index (κ2) is 7.94. The first-order valence-electron chi connectivity index (χ1n) is 9.30. The first kappa shape index (κ1) is 21.0. The third kappa shape index (κ3) is 4.17. The molecule has 0 bridgehead atoms. The van der Waals surface area contributed by atoms with Gasteiger partial charge in [-0.05, 0) is 62.2 Å². The molecular weight excluding hydrogens is 392 g/mol. The van der Waals surface area contributed by atoms with Crippen LogP contribution in [0, 0.1) is 0 Å². The number of ether oxygens (including phenoxy) is 2. The number of benzene rings is 2. The number of amides is 1. The molecule has 0 saturated carbocycles. The summed E-state index contributed by atoms with van der Waals surface area (Å²) < 4.78 is 36.2. The van der Waals surface area contributed by atoms with E-state index in [0.717, 1.165) is 11.1 Å². The van der Waals surface area contributed by atoms with E-state index in [0.29, 0.717) is 29.2 Å². The minimum atomic E-state index is -3.36. The van der Waals surface area contributed by atoms with Crippen LogP contribution < -0.4 is 19.1 Å². The third-order valence-electron chi connectivity index (χ3n) is 5.10. The molecule has 1 amide bonds. The van der Waals surface area contributed by atoms with Gasteiger partial charge in [-0.15, -0.1) is 0 Å². The lowest BCUT2D eigenvalue weighted by Crippen LogP contribution is -2.34. The van der Waals surface area contributed by atoms with Gasteiger partial charge in [-0.3, -0.25) is 9.10 Å². The van der Waals surface area contributed by atoms with Gasteiger partial charge in [-0.25, -0.2) is 8.42 Å². The summed E-state index contributed by atoms with van der Waals surface area (Å²) in [6.45, 7) is 3.73. The van der Waals surface area contributed by atoms with Crippen LogP contribution in [0.1, 0.15) is 41.4 Å². The number of carbonyl (C=O) groups is 1.